The number of methoxy groups -OCH3 is 1. The van der Waals surface area contributed by atoms with Gasteiger partial charge in [-0.25, -0.2) is 0 Å². The van der Waals surface area contributed by atoms with Gasteiger partial charge in [0.05, 0.1) is 12.7 Å². The number of anilines is 1. The van der Waals surface area contributed by atoms with E-state index in [1.165, 1.54) is 4.90 Å². The van der Waals surface area contributed by atoms with Crippen LogP contribution in [0.1, 0.15) is 31.7 Å². The molecule has 2 amide bonds. The quantitative estimate of drug-likeness (QED) is 0.448. The minimum atomic E-state index is -0.335. The van der Waals surface area contributed by atoms with Crippen LogP contribution in [0.15, 0.2) is 60.3 Å². The van der Waals surface area contributed by atoms with Crippen molar-refractivity contribution in [3.8, 4) is 5.75 Å². The summed E-state index contributed by atoms with van der Waals surface area (Å²) in [4.78, 5) is 27.7. The molecule has 6 heteroatoms. The maximum absolute atomic E-state index is 13.3. The molecule has 0 aromatic heterocycles. The zero-order chi connectivity index (χ0) is 21.3. The second-order valence-corrected chi connectivity index (χ2v) is 7.02. The summed E-state index contributed by atoms with van der Waals surface area (Å²) in [7, 11) is 1.55. The lowest BCUT2D eigenvalue weighted by atomic mass is 10.0. The molecule has 0 bridgehead atoms. The first-order valence-corrected chi connectivity index (χ1v) is 10.3. The molecule has 6 nitrogen and oxygen atoms in total. The lowest BCUT2D eigenvalue weighted by Gasteiger charge is -2.15. The Kier molecular flexibility index (Phi) is 7.63. The van der Waals surface area contributed by atoms with E-state index in [1.54, 1.807) is 19.2 Å². The Bertz CT molecular complexity index is 908. The second-order valence-electron chi connectivity index (χ2n) is 7.02. The van der Waals surface area contributed by atoms with E-state index in [2.05, 4.69) is 12.2 Å². The molecule has 0 aliphatic carbocycles. The van der Waals surface area contributed by atoms with E-state index < -0.39 is 0 Å². The fourth-order valence-electron chi connectivity index (χ4n) is 3.34. The number of carbonyl (C=O) groups is 2. The van der Waals surface area contributed by atoms with E-state index in [9.17, 15) is 9.59 Å². The number of nitrogens with one attached hydrogen (secondary N) is 1. The van der Waals surface area contributed by atoms with E-state index in [1.807, 2.05) is 42.5 Å². The molecule has 0 fully saturated rings. The van der Waals surface area contributed by atoms with Crippen LogP contribution in [0.5, 0.6) is 5.75 Å². The van der Waals surface area contributed by atoms with E-state index in [0.29, 0.717) is 43.1 Å². The molecule has 0 saturated heterocycles. The van der Waals surface area contributed by atoms with E-state index in [4.69, 9.17) is 9.47 Å². The minimum Gasteiger partial charge on any atom is -0.496 e. The average Bonchev–Trinajstić information content (AvgIpc) is 3.00. The standard InChI is InChI=1S/C24H28N2O4/c1-3-4-16-30-17-10-15-26-23(27)21(19-13-8-9-14-20(19)29-2)22(24(26)28)25-18-11-6-5-7-12-18/h5-9,11-14,25H,3-4,10,15-17H2,1-2H3. The summed E-state index contributed by atoms with van der Waals surface area (Å²) >= 11 is 0. The first-order chi connectivity index (χ1) is 14.7. The maximum atomic E-state index is 13.3. The van der Waals surface area contributed by atoms with Crippen LogP contribution in [-0.2, 0) is 14.3 Å². The van der Waals surface area contributed by atoms with Crippen LogP contribution in [0.2, 0.25) is 0 Å². The van der Waals surface area contributed by atoms with Gasteiger partial charge in [0.25, 0.3) is 11.8 Å². The maximum Gasteiger partial charge on any atom is 0.278 e. The van der Waals surface area contributed by atoms with Gasteiger partial charge >= 0.3 is 0 Å². The molecule has 158 valence electrons. The molecular formula is C24H28N2O4. The number of nitrogens with zero attached hydrogens (tertiary/aromatic N) is 1. The van der Waals surface area contributed by atoms with Crippen molar-refractivity contribution in [3.63, 3.8) is 0 Å². The van der Waals surface area contributed by atoms with Crippen molar-refractivity contribution < 1.29 is 19.1 Å². The molecular weight excluding hydrogens is 380 g/mol. The van der Waals surface area contributed by atoms with Crippen LogP contribution >= 0.6 is 0 Å². The number of carbonyl (C=O) groups excluding carboxylic acids is 2. The fourth-order valence-corrected chi connectivity index (χ4v) is 3.34. The lowest BCUT2D eigenvalue weighted by Crippen LogP contribution is -2.34. The second kappa shape index (κ2) is 10.6. The van der Waals surface area contributed by atoms with Crippen molar-refractivity contribution in [3.05, 3.63) is 65.9 Å². The van der Waals surface area contributed by atoms with Crippen LogP contribution < -0.4 is 10.1 Å². The first-order valence-electron chi connectivity index (χ1n) is 10.3. The summed E-state index contributed by atoms with van der Waals surface area (Å²) in [6.07, 6.45) is 2.68. The van der Waals surface area contributed by atoms with Crippen LogP contribution in [0.3, 0.4) is 0 Å². The normalized spacial score (nSPS) is 13.9. The predicted octanol–water partition coefficient (Wildman–Crippen LogP) is 4.09. The molecule has 1 aliphatic heterocycles. The summed E-state index contributed by atoms with van der Waals surface area (Å²) in [5.74, 6) is -0.111. The van der Waals surface area contributed by atoms with Crippen molar-refractivity contribution in [1.82, 2.24) is 4.90 Å². The third kappa shape index (κ3) is 4.89. The third-order valence-corrected chi connectivity index (χ3v) is 4.90. The van der Waals surface area contributed by atoms with E-state index in [-0.39, 0.29) is 17.5 Å². The molecule has 1 heterocycles. The Morgan fingerprint density at radius 3 is 2.33 bits per heavy atom. The zero-order valence-electron chi connectivity index (χ0n) is 17.5. The number of benzene rings is 2. The molecule has 1 N–H and O–H groups in total. The average molecular weight is 408 g/mol. The highest BCUT2D eigenvalue weighted by atomic mass is 16.5. The van der Waals surface area contributed by atoms with Crippen molar-refractivity contribution in [2.45, 2.75) is 26.2 Å². The van der Waals surface area contributed by atoms with Gasteiger partial charge in [0.15, 0.2) is 0 Å². The largest absolute Gasteiger partial charge is 0.496 e. The Labute approximate surface area is 177 Å². The van der Waals surface area contributed by atoms with Crippen LogP contribution in [-0.4, -0.2) is 43.6 Å². The van der Waals surface area contributed by atoms with E-state index in [0.717, 1.165) is 18.5 Å². The number of unbranched alkanes of at least 4 members (excludes halogenated alkanes) is 1. The Balaban J connectivity index is 1.85. The number of hydrogen-bond donors (Lipinski definition) is 1. The van der Waals surface area contributed by atoms with Crippen molar-refractivity contribution in [2.75, 3.05) is 32.2 Å². The smallest absolute Gasteiger partial charge is 0.278 e. The van der Waals surface area contributed by atoms with Crippen LogP contribution in [0.4, 0.5) is 5.69 Å². The topological polar surface area (TPSA) is 67.9 Å². The molecule has 0 unspecified atom stereocenters. The molecule has 0 spiro atoms. The van der Waals surface area contributed by atoms with Gasteiger partial charge in [0, 0.05) is 31.0 Å². The number of para-hydroxylation sites is 2. The highest BCUT2D eigenvalue weighted by Gasteiger charge is 2.39. The van der Waals surface area contributed by atoms with Gasteiger partial charge in [-0.1, -0.05) is 49.7 Å². The van der Waals surface area contributed by atoms with Gasteiger partial charge in [-0.3, -0.25) is 14.5 Å². The number of hydrogen-bond acceptors (Lipinski definition) is 5. The Hall–Kier alpha value is -3.12. The van der Waals surface area contributed by atoms with Gasteiger partial charge in [-0.05, 0) is 31.0 Å². The van der Waals surface area contributed by atoms with Crippen LogP contribution in [0.25, 0.3) is 5.57 Å². The van der Waals surface area contributed by atoms with Gasteiger partial charge in [0.1, 0.15) is 11.4 Å². The summed E-state index contributed by atoms with van der Waals surface area (Å²) in [5, 5.41) is 3.15. The third-order valence-electron chi connectivity index (χ3n) is 4.90. The first kappa shape index (κ1) is 21.6. The molecule has 2 aromatic rings. The van der Waals surface area contributed by atoms with Crippen molar-refractivity contribution in [2.24, 2.45) is 0 Å². The van der Waals surface area contributed by atoms with Crippen LogP contribution in [0, 0.1) is 0 Å². The molecule has 30 heavy (non-hydrogen) atoms. The molecule has 0 atom stereocenters. The SMILES string of the molecule is CCCCOCCCN1C(=O)C(Nc2ccccc2)=C(c2ccccc2OC)C1=O. The number of amides is 2. The molecule has 1 aliphatic rings. The van der Waals surface area contributed by atoms with E-state index >= 15 is 0 Å². The zero-order valence-corrected chi connectivity index (χ0v) is 17.5. The number of ether oxygens (including phenoxy) is 2. The van der Waals surface area contributed by atoms with Gasteiger partial charge in [0.2, 0.25) is 0 Å². The molecule has 2 aromatic carbocycles. The predicted molar refractivity (Wildman–Crippen MR) is 117 cm³/mol. The number of rotatable bonds is 11. The lowest BCUT2D eigenvalue weighted by molar-refractivity contribution is -0.137. The highest BCUT2D eigenvalue weighted by Crippen LogP contribution is 2.35. The molecule has 0 radical (unpaired) electrons. The highest BCUT2D eigenvalue weighted by molar-refractivity contribution is 6.37. The summed E-state index contributed by atoms with van der Waals surface area (Å²) in [6.45, 7) is 3.63. The van der Waals surface area contributed by atoms with Gasteiger partial charge < -0.3 is 14.8 Å². The monoisotopic (exact) mass is 408 g/mol. The van der Waals surface area contributed by atoms with Crippen molar-refractivity contribution in [1.29, 1.82) is 0 Å². The Morgan fingerprint density at radius 1 is 0.900 bits per heavy atom. The molecule has 0 saturated carbocycles. The summed E-state index contributed by atoms with van der Waals surface area (Å²) in [6, 6.07) is 16.6. The van der Waals surface area contributed by atoms with Crippen molar-refractivity contribution >= 4 is 23.1 Å². The number of imide groups is 1. The van der Waals surface area contributed by atoms with Gasteiger partial charge in [-0.2, -0.15) is 0 Å². The minimum absolute atomic E-state index is 0.266. The summed E-state index contributed by atoms with van der Waals surface area (Å²) in [5.41, 5.74) is 1.93. The Morgan fingerprint density at radius 2 is 1.60 bits per heavy atom. The van der Waals surface area contributed by atoms with Gasteiger partial charge in [-0.15, -0.1) is 0 Å². The fraction of sp³-hybridized carbons (Fsp3) is 0.333. The summed E-state index contributed by atoms with van der Waals surface area (Å²) < 4.78 is 11.0. The molecule has 3 rings (SSSR count).